The van der Waals surface area contributed by atoms with Gasteiger partial charge >= 0.3 is 0 Å². The van der Waals surface area contributed by atoms with E-state index in [1.54, 1.807) is 7.11 Å². The minimum atomic E-state index is -0.168. The lowest BCUT2D eigenvalue weighted by Gasteiger charge is -2.45. The summed E-state index contributed by atoms with van der Waals surface area (Å²) in [5, 5.41) is 0. The van der Waals surface area contributed by atoms with Crippen molar-refractivity contribution in [2.45, 2.75) is 51.7 Å². The molecular weight excluding hydrogens is 202 g/mol. The molecule has 96 valence electrons. The second kappa shape index (κ2) is 7.25. The molecule has 0 aromatic carbocycles. The first kappa shape index (κ1) is 13.9. The molecule has 0 saturated carbocycles. The molecule has 0 radical (unpaired) electrons. The predicted molar refractivity (Wildman–Crippen MR) is 66.6 cm³/mol. The molecule has 0 N–H and O–H groups in total. The quantitative estimate of drug-likeness (QED) is 0.670. The molecule has 1 saturated heterocycles. The molecule has 16 heavy (non-hydrogen) atoms. The number of piperidine rings is 1. The molecule has 1 rings (SSSR count). The molecule has 3 nitrogen and oxygen atoms in total. The summed E-state index contributed by atoms with van der Waals surface area (Å²) in [6.07, 6.45) is 6.15. The Kier molecular flexibility index (Phi) is 6.32. The fourth-order valence-corrected chi connectivity index (χ4v) is 2.71. The molecule has 1 unspecified atom stereocenters. The van der Waals surface area contributed by atoms with E-state index in [0.717, 1.165) is 32.5 Å². The van der Waals surface area contributed by atoms with Crippen molar-refractivity contribution in [3.63, 3.8) is 0 Å². The fraction of sp³-hybridized carbons (Fsp3) is 1.00. The molecule has 0 aliphatic carbocycles. The highest BCUT2D eigenvalue weighted by molar-refractivity contribution is 4.83. The predicted octanol–water partition coefficient (Wildman–Crippen LogP) is 2.65. The van der Waals surface area contributed by atoms with Gasteiger partial charge in [0.2, 0.25) is 0 Å². The van der Waals surface area contributed by atoms with E-state index in [0.29, 0.717) is 6.61 Å². The molecule has 1 fully saturated rings. The lowest BCUT2D eigenvalue weighted by atomic mass is 10.0. The van der Waals surface area contributed by atoms with Gasteiger partial charge in [-0.3, -0.25) is 4.90 Å². The smallest absolute Gasteiger partial charge is 0.145 e. The summed E-state index contributed by atoms with van der Waals surface area (Å²) in [5.41, 5.74) is -0.168. The number of methoxy groups -OCH3 is 1. The van der Waals surface area contributed by atoms with Crippen LogP contribution in [0.1, 0.15) is 46.0 Å². The van der Waals surface area contributed by atoms with Crippen LogP contribution in [0.4, 0.5) is 0 Å². The first-order chi connectivity index (χ1) is 7.79. The van der Waals surface area contributed by atoms with Gasteiger partial charge in [0.1, 0.15) is 5.72 Å². The molecule has 1 aliphatic rings. The first-order valence-electron chi connectivity index (χ1n) is 6.67. The number of hydrogen-bond donors (Lipinski definition) is 0. The largest absolute Gasteiger partial charge is 0.380 e. The van der Waals surface area contributed by atoms with Crippen LogP contribution in [0.2, 0.25) is 0 Å². The number of rotatable bonds is 7. The van der Waals surface area contributed by atoms with Crippen LogP contribution in [0.15, 0.2) is 0 Å². The highest BCUT2D eigenvalue weighted by atomic mass is 16.6. The average molecular weight is 229 g/mol. The second-order valence-corrected chi connectivity index (χ2v) is 4.61. The van der Waals surface area contributed by atoms with Crippen molar-refractivity contribution in [1.82, 2.24) is 4.90 Å². The van der Waals surface area contributed by atoms with Gasteiger partial charge in [0.25, 0.3) is 0 Å². The van der Waals surface area contributed by atoms with Crippen molar-refractivity contribution in [3.8, 4) is 0 Å². The lowest BCUT2D eigenvalue weighted by molar-refractivity contribution is -0.192. The molecule has 0 aromatic rings. The maximum Gasteiger partial charge on any atom is 0.145 e. The molecular formula is C13H27NO2. The average Bonchev–Trinajstić information content (AvgIpc) is 2.31. The van der Waals surface area contributed by atoms with Gasteiger partial charge in [0.15, 0.2) is 0 Å². The summed E-state index contributed by atoms with van der Waals surface area (Å²) in [4.78, 5) is 2.49. The van der Waals surface area contributed by atoms with E-state index in [2.05, 4.69) is 18.7 Å². The van der Waals surface area contributed by atoms with Crippen molar-refractivity contribution in [1.29, 1.82) is 0 Å². The lowest BCUT2D eigenvalue weighted by Crippen LogP contribution is -2.55. The van der Waals surface area contributed by atoms with Crippen LogP contribution in [-0.4, -0.2) is 44.0 Å². The van der Waals surface area contributed by atoms with Crippen LogP contribution < -0.4 is 0 Å². The van der Waals surface area contributed by atoms with E-state index in [4.69, 9.17) is 9.47 Å². The van der Waals surface area contributed by atoms with Crippen molar-refractivity contribution in [2.24, 2.45) is 0 Å². The Morgan fingerprint density at radius 1 is 1.12 bits per heavy atom. The summed E-state index contributed by atoms with van der Waals surface area (Å²) < 4.78 is 11.4. The van der Waals surface area contributed by atoms with E-state index in [-0.39, 0.29) is 5.72 Å². The molecule has 3 heteroatoms. The van der Waals surface area contributed by atoms with Crippen molar-refractivity contribution in [3.05, 3.63) is 0 Å². The van der Waals surface area contributed by atoms with Crippen LogP contribution in [0, 0.1) is 0 Å². The van der Waals surface area contributed by atoms with Crippen LogP contribution in [-0.2, 0) is 9.47 Å². The molecule has 0 bridgehead atoms. The van der Waals surface area contributed by atoms with E-state index >= 15 is 0 Å². The Labute approximate surface area is 100 Å². The second-order valence-electron chi connectivity index (χ2n) is 4.61. The van der Waals surface area contributed by atoms with Gasteiger partial charge in [-0.1, -0.05) is 19.8 Å². The summed E-state index contributed by atoms with van der Waals surface area (Å²) in [6.45, 7) is 8.05. The van der Waals surface area contributed by atoms with Gasteiger partial charge in [0.05, 0.1) is 6.61 Å². The van der Waals surface area contributed by atoms with Gasteiger partial charge in [-0.05, 0) is 26.2 Å². The van der Waals surface area contributed by atoms with E-state index in [9.17, 15) is 0 Å². The van der Waals surface area contributed by atoms with Crippen molar-refractivity contribution < 1.29 is 9.47 Å². The maximum absolute atomic E-state index is 6.05. The molecule has 1 heterocycles. The standard InChI is InChI=1S/C13H27NO2/c1-4-9-13(12-15-3,16-5-2)14-10-7-6-8-11-14/h4-12H2,1-3H3. The summed E-state index contributed by atoms with van der Waals surface area (Å²) in [6, 6.07) is 0. The number of hydrogen-bond acceptors (Lipinski definition) is 3. The van der Waals surface area contributed by atoms with Crippen molar-refractivity contribution >= 4 is 0 Å². The first-order valence-corrected chi connectivity index (χ1v) is 6.67. The molecule has 0 spiro atoms. The maximum atomic E-state index is 6.05. The van der Waals surface area contributed by atoms with Crippen LogP contribution in [0.25, 0.3) is 0 Å². The zero-order valence-corrected chi connectivity index (χ0v) is 11.1. The monoisotopic (exact) mass is 229 g/mol. The van der Waals surface area contributed by atoms with Crippen molar-refractivity contribution in [2.75, 3.05) is 33.4 Å². The number of nitrogens with zero attached hydrogens (tertiary/aromatic N) is 1. The number of likely N-dealkylation sites (tertiary alicyclic amines) is 1. The van der Waals surface area contributed by atoms with Gasteiger partial charge in [0, 0.05) is 26.8 Å². The number of ether oxygens (including phenoxy) is 2. The summed E-state index contributed by atoms with van der Waals surface area (Å²) in [7, 11) is 1.77. The van der Waals surface area contributed by atoms with E-state index < -0.39 is 0 Å². The topological polar surface area (TPSA) is 21.7 Å². The minimum absolute atomic E-state index is 0.168. The normalized spacial score (nSPS) is 21.9. The van der Waals surface area contributed by atoms with Gasteiger partial charge in [-0.2, -0.15) is 0 Å². The zero-order valence-electron chi connectivity index (χ0n) is 11.1. The highest BCUT2D eigenvalue weighted by Crippen LogP contribution is 2.27. The zero-order chi connectivity index (χ0) is 11.9. The Morgan fingerprint density at radius 2 is 1.81 bits per heavy atom. The van der Waals surface area contributed by atoms with E-state index in [1.165, 1.54) is 19.3 Å². The van der Waals surface area contributed by atoms with E-state index in [1.807, 2.05) is 0 Å². The molecule has 1 aliphatic heterocycles. The van der Waals surface area contributed by atoms with Gasteiger partial charge in [-0.15, -0.1) is 0 Å². The van der Waals surface area contributed by atoms with Gasteiger partial charge < -0.3 is 9.47 Å². The Bertz CT molecular complexity index is 162. The third kappa shape index (κ3) is 3.44. The highest BCUT2D eigenvalue weighted by Gasteiger charge is 2.37. The van der Waals surface area contributed by atoms with Gasteiger partial charge in [-0.25, -0.2) is 0 Å². The van der Waals surface area contributed by atoms with Crippen LogP contribution >= 0.6 is 0 Å². The Morgan fingerprint density at radius 3 is 2.31 bits per heavy atom. The summed E-state index contributed by atoms with van der Waals surface area (Å²) in [5.74, 6) is 0. The molecule has 0 amide bonds. The molecule has 0 aromatic heterocycles. The fourth-order valence-electron chi connectivity index (χ4n) is 2.71. The van der Waals surface area contributed by atoms with Crippen LogP contribution in [0.3, 0.4) is 0 Å². The van der Waals surface area contributed by atoms with Crippen LogP contribution in [0.5, 0.6) is 0 Å². The minimum Gasteiger partial charge on any atom is -0.380 e. The Hall–Kier alpha value is -0.120. The third-order valence-corrected chi connectivity index (χ3v) is 3.36. The molecule has 1 atom stereocenters. The Balaban J connectivity index is 2.70. The summed E-state index contributed by atoms with van der Waals surface area (Å²) >= 11 is 0. The third-order valence-electron chi connectivity index (χ3n) is 3.36. The SMILES string of the molecule is CCCC(COC)(OCC)N1CCCCC1.